The summed E-state index contributed by atoms with van der Waals surface area (Å²) in [6.07, 6.45) is -7.18. The van der Waals surface area contributed by atoms with Crippen LogP contribution in [-0.2, 0) is 10.0 Å². The number of para-hydroxylation sites is 2. The maximum absolute atomic E-state index is 13.8. The average molecular weight is 534 g/mol. The molecule has 0 spiro atoms. The Hall–Kier alpha value is -2.60. The Morgan fingerprint density at radius 1 is 0.970 bits per heavy atom. The summed E-state index contributed by atoms with van der Waals surface area (Å²) in [4.78, 5) is 7.71. The fraction of sp³-hybridized carbons (Fsp3) is 0.100. The molecule has 0 amide bonds. The van der Waals surface area contributed by atoms with Crippen molar-refractivity contribution >= 4 is 61.4 Å². The van der Waals surface area contributed by atoms with Crippen LogP contribution in [0.5, 0.6) is 5.88 Å². The third kappa shape index (κ3) is 5.01. The Labute approximate surface area is 200 Å². The van der Waals surface area contributed by atoms with Crippen LogP contribution in [0.25, 0.3) is 11.0 Å². The normalized spacial score (nSPS) is 13.1. The molecule has 0 aliphatic heterocycles. The van der Waals surface area contributed by atoms with Crippen LogP contribution in [-0.4, -0.2) is 24.6 Å². The minimum absolute atomic E-state index is 0.0181. The van der Waals surface area contributed by atoms with Gasteiger partial charge in [0.2, 0.25) is 11.9 Å². The van der Waals surface area contributed by atoms with Crippen molar-refractivity contribution in [3.63, 3.8) is 0 Å². The largest absolute Gasteiger partial charge is 0.456 e. The standard InChI is InChI=1S/C20H12Cl2F3N3O3S2/c21-11-5-3-9-15(16(11)22)33(29,30)28-18-19(27-13-7-2-1-6-12(13)26-18)31-17(20(23,24)25)14-8-4-10-32-14/h1-10,17H,(H,26,28). The van der Waals surface area contributed by atoms with E-state index in [4.69, 9.17) is 27.9 Å². The van der Waals surface area contributed by atoms with E-state index in [0.29, 0.717) is 0 Å². The fourth-order valence-corrected chi connectivity index (χ4v) is 5.38. The molecule has 2 aromatic carbocycles. The molecular formula is C20H12Cl2F3N3O3S2. The zero-order chi connectivity index (χ0) is 23.8. The first kappa shape index (κ1) is 23.6. The molecule has 4 aromatic rings. The topological polar surface area (TPSA) is 81.2 Å². The predicted octanol–water partition coefficient (Wildman–Crippen LogP) is 6.48. The molecule has 1 unspecified atom stereocenters. The maximum atomic E-state index is 13.8. The number of halogens is 5. The SMILES string of the molecule is O=S(=O)(Nc1nc2ccccc2nc1OC(c1cccs1)C(F)(F)F)c1cccc(Cl)c1Cl. The number of nitrogens with one attached hydrogen (secondary N) is 1. The number of nitrogens with zero attached hydrogens (tertiary/aromatic N) is 2. The molecule has 0 fully saturated rings. The summed E-state index contributed by atoms with van der Waals surface area (Å²) < 4.78 is 74.6. The average Bonchev–Trinajstić information content (AvgIpc) is 3.27. The molecule has 0 radical (unpaired) electrons. The van der Waals surface area contributed by atoms with E-state index in [1.54, 1.807) is 12.1 Å². The Kier molecular flexibility index (Phi) is 6.41. The molecular weight excluding hydrogens is 522 g/mol. The Morgan fingerprint density at radius 3 is 2.30 bits per heavy atom. The summed E-state index contributed by atoms with van der Waals surface area (Å²) in [5.41, 5.74) is 0.447. The van der Waals surface area contributed by atoms with Crippen molar-refractivity contribution in [2.45, 2.75) is 17.2 Å². The molecule has 0 bridgehead atoms. The number of anilines is 1. The van der Waals surface area contributed by atoms with Gasteiger partial charge in [0.1, 0.15) is 4.90 Å². The number of thiophene rings is 1. The van der Waals surface area contributed by atoms with E-state index < -0.39 is 34.0 Å². The van der Waals surface area contributed by atoms with Crippen molar-refractivity contribution in [1.82, 2.24) is 9.97 Å². The van der Waals surface area contributed by atoms with Crippen LogP contribution in [0.3, 0.4) is 0 Å². The van der Waals surface area contributed by atoms with Crippen molar-refractivity contribution < 1.29 is 26.3 Å². The van der Waals surface area contributed by atoms with Crippen LogP contribution in [0.2, 0.25) is 10.0 Å². The van der Waals surface area contributed by atoms with Gasteiger partial charge in [-0.25, -0.2) is 18.4 Å². The molecule has 1 N–H and O–H groups in total. The van der Waals surface area contributed by atoms with Gasteiger partial charge >= 0.3 is 6.18 Å². The van der Waals surface area contributed by atoms with Gasteiger partial charge in [-0.15, -0.1) is 11.3 Å². The minimum Gasteiger partial charge on any atom is -0.456 e. The fourth-order valence-electron chi connectivity index (χ4n) is 2.84. The van der Waals surface area contributed by atoms with Gasteiger partial charge in [-0.05, 0) is 35.7 Å². The number of aromatic nitrogens is 2. The molecule has 33 heavy (non-hydrogen) atoms. The van der Waals surface area contributed by atoms with Gasteiger partial charge in [0.25, 0.3) is 15.9 Å². The highest BCUT2D eigenvalue weighted by Crippen LogP contribution is 2.40. The summed E-state index contributed by atoms with van der Waals surface area (Å²) in [5, 5.41) is 1.19. The molecule has 13 heteroatoms. The summed E-state index contributed by atoms with van der Waals surface area (Å²) in [6.45, 7) is 0. The second-order valence-corrected chi connectivity index (χ2v) is 9.99. The molecule has 0 aliphatic rings. The van der Waals surface area contributed by atoms with Crippen molar-refractivity contribution in [3.8, 4) is 5.88 Å². The summed E-state index contributed by atoms with van der Waals surface area (Å²) >= 11 is 12.8. The van der Waals surface area contributed by atoms with E-state index in [1.807, 2.05) is 0 Å². The summed E-state index contributed by atoms with van der Waals surface area (Å²) in [6, 6.07) is 12.9. The van der Waals surface area contributed by atoms with Gasteiger partial charge in [0.05, 0.1) is 26.0 Å². The number of sulfonamides is 1. The Morgan fingerprint density at radius 2 is 1.67 bits per heavy atom. The maximum Gasteiger partial charge on any atom is 0.430 e. The Balaban J connectivity index is 1.82. The molecule has 0 aliphatic carbocycles. The highest BCUT2D eigenvalue weighted by Gasteiger charge is 2.44. The number of hydrogen-bond donors (Lipinski definition) is 1. The lowest BCUT2D eigenvalue weighted by atomic mass is 10.3. The van der Waals surface area contributed by atoms with E-state index in [9.17, 15) is 21.6 Å². The number of rotatable bonds is 6. The first-order valence-electron chi connectivity index (χ1n) is 9.06. The molecule has 0 saturated carbocycles. The van der Waals surface area contributed by atoms with Crippen LogP contribution in [0.4, 0.5) is 19.0 Å². The van der Waals surface area contributed by atoms with Gasteiger partial charge in [-0.2, -0.15) is 13.2 Å². The van der Waals surface area contributed by atoms with Gasteiger partial charge < -0.3 is 4.74 Å². The van der Waals surface area contributed by atoms with Gasteiger partial charge in [-0.1, -0.05) is 47.5 Å². The van der Waals surface area contributed by atoms with Crippen LogP contribution >= 0.6 is 34.5 Å². The number of ether oxygens (including phenoxy) is 1. The second kappa shape index (κ2) is 8.98. The lowest BCUT2D eigenvalue weighted by molar-refractivity contribution is -0.197. The number of hydrogen-bond acceptors (Lipinski definition) is 6. The monoisotopic (exact) mass is 533 g/mol. The van der Waals surface area contributed by atoms with Crippen LogP contribution < -0.4 is 9.46 Å². The van der Waals surface area contributed by atoms with Crippen molar-refractivity contribution in [1.29, 1.82) is 0 Å². The van der Waals surface area contributed by atoms with Gasteiger partial charge in [0, 0.05) is 0 Å². The quantitative estimate of drug-likeness (QED) is 0.306. The highest BCUT2D eigenvalue weighted by molar-refractivity contribution is 7.92. The van der Waals surface area contributed by atoms with Crippen LogP contribution in [0.15, 0.2) is 64.9 Å². The van der Waals surface area contributed by atoms with Gasteiger partial charge in [-0.3, -0.25) is 4.72 Å². The van der Waals surface area contributed by atoms with Crippen molar-refractivity contribution in [2.24, 2.45) is 0 Å². The molecule has 2 aromatic heterocycles. The molecule has 172 valence electrons. The second-order valence-electron chi connectivity index (χ2n) is 6.58. The van der Waals surface area contributed by atoms with E-state index in [0.717, 1.165) is 11.3 Å². The third-order valence-electron chi connectivity index (χ3n) is 4.30. The molecule has 2 heterocycles. The minimum atomic E-state index is -4.80. The third-order valence-corrected chi connectivity index (χ3v) is 7.53. The zero-order valence-electron chi connectivity index (χ0n) is 16.2. The first-order valence-corrected chi connectivity index (χ1v) is 12.2. The molecule has 0 saturated heterocycles. The van der Waals surface area contributed by atoms with Gasteiger partial charge in [0.15, 0.2) is 0 Å². The number of fused-ring (bicyclic) bond motifs is 1. The first-order chi connectivity index (χ1) is 15.6. The molecule has 1 atom stereocenters. The lowest BCUT2D eigenvalue weighted by Crippen LogP contribution is -2.26. The summed E-state index contributed by atoms with van der Waals surface area (Å²) in [7, 11) is -4.41. The summed E-state index contributed by atoms with van der Waals surface area (Å²) in [5.74, 6) is -1.18. The van der Waals surface area contributed by atoms with E-state index in [1.165, 1.54) is 47.8 Å². The zero-order valence-corrected chi connectivity index (χ0v) is 19.3. The van der Waals surface area contributed by atoms with Crippen LogP contribution in [0.1, 0.15) is 11.0 Å². The van der Waals surface area contributed by atoms with E-state index >= 15 is 0 Å². The molecule has 6 nitrogen and oxygen atoms in total. The smallest absolute Gasteiger partial charge is 0.430 e. The highest BCUT2D eigenvalue weighted by atomic mass is 35.5. The van der Waals surface area contributed by atoms with E-state index in [2.05, 4.69) is 14.7 Å². The number of benzene rings is 2. The predicted molar refractivity (Wildman–Crippen MR) is 121 cm³/mol. The van der Waals surface area contributed by atoms with Crippen molar-refractivity contribution in [3.05, 3.63) is 74.9 Å². The number of alkyl halides is 3. The lowest BCUT2D eigenvalue weighted by Gasteiger charge is -2.21. The Bertz CT molecular complexity index is 1420. The molecule has 4 rings (SSSR count). The van der Waals surface area contributed by atoms with E-state index in [-0.39, 0.29) is 30.9 Å². The van der Waals surface area contributed by atoms with Crippen molar-refractivity contribution in [2.75, 3.05) is 4.72 Å². The van der Waals surface area contributed by atoms with Crippen LogP contribution in [0, 0.1) is 0 Å².